The third-order valence-electron chi connectivity index (χ3n) is 4.22. The minimum absolute atomic E-state index is 0.143. The Balaban J connectivity index is 3.53. The molecule has 0 fully saturated rings. The monoisotopic (exact) mass is 355 g/mol. The molecule has 0 saturated carbocycles. The van der Waals surface area contributed by atoms with Crippen LogP contribution in [0.15, 0.2) is 12.2 Å². The number of nitrogens with zero attached hydrogens (tertiary/aromatic N) is 1. The molecule has 0 aliphatic rings. The highest BCUT2D eigenvalue weighted by molar-refractivity contribution is 5.75. The van der Waals surface area contributed by atoms with Crippen molar-refractivity contribution in [1.82, 2.24) is 5.32 Å². The number of amides is 1. The van der Waals surface area contributed by atoms with Gasteiger partial charge in [0.25, 0.3) is 0 Å². The number of carbonyl (C=O) groups is 2. The van der Waals surface area contributed by atoms with Crippen LogP contribution < -0.4 is 5.32 Å². The summed E-state index contributed by atoms with van der Waals surface area (Å²) in [7, 11) is 5.40. The maximum atomic E-state index is 11.8. The zero-order valence-electron chi connectivity index (χ0n) is 16.8. The lowest BCUT2D eigenvalue weighted by atomic mass is 10.1. The van der Waals surface area contributed by atoms with Crippen molar-refractivity contribution in [1.29, 1.82) is 0 Å². The fourth-order valence-corrected chi connectivity index (χ4v) is 2.68. The zero-order chi connectivity index (χ0) is 19.0. The summed E-state index contributed by atoms with van der Waals surface area (Å²) in [5.41, 5.74) is 0. The first-order valence-electron chi connectivity index (χ1n) is 9.72. The first kappa shape index (κ1) is 23.6. The van der Waals surface area contributed by atoms with Gasteiger partial charge in [-0.15, -0.1) is 0 Å². The lowest BCUT2D eigenvalue weighted by Crippen LogP contribution is -2.45. The average molecular weight is 356 g/mol. The first-order valence-corrected chi connectivity index (χ1v) is 9.72. The lowest BCUT2D eigenvalue weighted by Gasteiger charge is -2.28. The van der Waals surface area contributed by atoms with Crippen LogP contribution in [0.3, 0.4) is 0 Å². The van der Waals surface area contributed by atoms with Gasteiger partial charge >= 0.3 is 5.97 Å². The molecule has 25 heavy (non-hydrogen) atoms. The van der Waals surface area contributed by atoms with E-state index in [0.717, 1.165) is 32.2 Å². The third-order valence-corrected chi connectivity index (χ3v) is 4.22. The molecule has 5 nitrogen and oxygen atoms in total. The second-order valence-electron chi connectivity index (χ2n) is 7.28. The van der Waals surface area contributed by atoms with Gasteiger partial charge in [0.05, 0.1) is 27.7 Å². The Kier molecular flexibility index (Phi) is 14.1. The van der Waals surface area contributed by atoms with Crippen LogP contribution in [-0.4, -0.2) is 57.2 Å². The third kappa shape index (κ3) is 15.9. The predicted octanol–water partition coefficient (Wildman–Crippen LogP) is 3.44. The summed E-state index contributed by atoms with van der Waals surface area (Å²) in [6.45, 7) is 4.02. The van der Waals surface area contributed by atoms with Crippen molar-refractivity contribution in [2.75, 3.05) is 40.8 Å². The SMILES string of the molecule is CC/C=C/CCCCCCCC(=O)NCCC[N+](C)(C)CC(=O)OC. The fourth-order valence-electron chi connectivity index (χ4n) is 2.68. The van der Waals surface area contributed by atoms with E-state index in [9.17, 15) is 9.59 Å². The van der Waals surface area contributed by atoms with Crippen LogP contribution in [0.25, 0.3) is 0 Å². The average Bonchev–Trinajstić information content (AvgIpc) is 2.56. The minimum Gasteiger partial charge on any atom is -0.465 e. The molecule has 0 aliphatic heterocycles. The summed E-state index contributed by atoms with van der Waals surface area (Å²) in [5.74, 6) is -0.0559. The van der Waals surface area contributed by atoms with E-state index >= 15 is 0 Å². The molecule has 0 aromatic carbocycles. The number of carbonyl (C=O) groups excluding carboxylic acids is 2. The van der Waals surface area contributed by atoms with Gasteiger partial charge < -0.3 is 14.5 Å². The molecule has 0 rings (SSSR count). The topological polar surface area (TPSA) is 55.4 Å². The van der Waals surface area contributed by atoms with Crippen LogP contribution in [-0.2, 0) is 14.3 Å². The van der Waals surface area contributed by atoms with Gasteiger partial charge in [-0.3, -0.25) is 4.79 Å². The van der Waals surface area contributed by atoms with Crippen molar-refractivity contribution >= 4 is 11.9 Å². The van der Waals surface area contributed by atoms with E-state index in [4.69, 9.17) is 4.74 Å². The molecule has 0 spiro atoms. The highest BCUT2D eigenvalue weighted by atomic mass is 16.5. The maximum Gasteiger partial charge on any atom is 0.361 e. The van der Waals surface area contributed by atoms with Gasteiger partial charge in [-0.05, 0) is 25.7 Å². The normalized spacial score (nSPS) is 11.7. The van der Waals surface area contributed by atoms with Gasteiger partial charge in [0, 0.05) is 19.4 Å². The van der Waals surface area contributed by atoms with Crippen molar-refractivity contribution < 1.29 is 18.8 Å². The summed E-state index contributed by atoms with van der Waals surface area (Å²) < 4.78 is 5.28. The van der Waals surface area contributed by atoms with E-state index in [-0.39, 0.29) is 11.9 Å². The van der Waals surface area contributed by atoms with Gasteiger partial charge in [-0.2, -0.15) is 0 Å². The van der Waals surface area contributed by atoms with Crippen LogP contribution in [0.4, 0.5) is 0 Å². The molecule has 0 aliphatic carbocycles. The largest absolute Gasteiger partial charge is 0.465 e. The molecule has 0 heterocycles. The fraction of sp³-hybridized carbons (Fsp3) is 0.800. The molecular formula is C20H39N2O3+. The number of allylic oxidation sites excluding steroid dienone is 2. The Bertz CT molecular complexity index is 392. The second kappa shape index (κ2) is 14.9. The molecule has 0 aromatic rings. The van der Waals surface area contributed by atoms with Crippen LogP contribution in [0.5, 0.6) is 0 Å². The van der Waals surface area contributed by atoms with Crippen LogP contribution in [0.2, 0.25) is 0 Å². The standard InChI is InChI=1S/C20H38N2O3/c1-5-6-7-8-9-10-11-12-13-15-19(23)21-16-14-17-22(2,3)18-20(24)25-4/h6-7H,5,8-18H2,1-4H3/p+1/b7-6+. The molecule has 1 N–H and O–H groups in total. The molecule has 0 unspecified atom stereocenters. The second-order valence-corrected chi connectivity index (χ2v) is 7.28. The van der Waals surface area contributed by atoms with Crippen LogP contribution in [0, 0.1) is 0 Å². The van der Waals surface area contributed by atoms with Gasteiger partial charge in [-0.25, -0.2) is 4.79 Å². The molecule has 0 aromatic heterocycles. The van der Waals surface area contributed by atoms with Gasteiger partial charge in [0.15, 0.2) is 6.54 Å². The molecule has 0 bridgehead atoms. The first-order chi connectivity index (χ1) is 11.9. The molecule has 0 atom stereocenters. The highest BCUT2D eigenvalue weighted by Gasteiger charge is 2.19. The van der Waals surface area contributed by atoms with Crippen molar-refractivity contribution in [3.63, 3.8) is 0 Å². The van der Waals surface area contributed by atoms with Crippen molar-refractivity contribution in [2.24, 2.45) is 0 Å². The number of methoxy groups -OCH3 is 1. The number of hydrogen-bond acceptors (Lipinski definition) is 3. The summed E-state index contributed by atoms with van der Waals surface area (Å²) >= 11 is 0. The Labute approximate surface area is 154 Å². The quantitative estimate of drug-likeness (QED) is 0.212. The van der Waals surface area contributed by atoms with Crippen LogP contribution in [0.1, 0.15) is 64.7 Å². The van der Waals surface area contributed by atoms with Crippen molar-refractivity contribution in [3.8, 4) is 0 Å². The lowest BCUT2D eigenvalue weighted by molar-refractivity contribution is -0.883. The Morgan fingerprint density at radius 1 is 1.00 bits per heavy atom. The molecule has 1 amide bonds. The van der Waals surface area contributed by atoms with E-state index in [1.807, 2.05) is 14.1 Å². The summed E-state index contributed by atoms with van der Waals surface area (Å²) in [4.78, 5) is 23.1. The van der Waals surface area contributed by atoms with Gasteiger partial charge in [0.1, 0.15) is 0 Å². The molecule has 0 saturated heterocycles. The Hall–Kier alpha value is -1.36. The molecule has 146 valence electrons. The smallest absolute Gasteiger partial charge is 0.361 e. The summed E-state index contributed by atoms with van der Waals surface area (Å²) in [6, 6.07) is 0. The summed E-state index contributed by atoms with van der Waals surface area (Å²) in [6.07, 6.45) is 14.1. The number of hydrogen-bond donors (Lipinski definition) is 1. The zero-order valence-corrected chi connectivity index (χ0v) is 16.8. The van der Waals surface area contributed by atoms with E-state index in [0.29, 0.717) is 24.0 Å². The van der Waals surface area contributed by atoms with E-state index < -0.39 is 0 Å². The molecule has 5 heteroatoms. The predicted molar refractivity (Wildman–Crippen MR) is 103 cm³/mol. The number of likely N-dealkylation sites (N-methyl/N-ethyl adjacent to an activating group) is 1. The highest BCUT2D eigenvalue weighted by Crippen LogP contribution is 2.08. The van der Waals surface area contributed by atoms with Crippen molar-refractivity contribution in [3.05, 3.63) is 12.2 Å². The molecule has 0 radical (unpaired) electrons. The number of quaternary nitrogens is 1. The number of rotatable bonds is 15. The van der Waals surface area contributed by atoms with Crippen molar-refractivity contribution in [2.45, 2.75) is 64.7 Å². The number of nitrogens with one attached hydrogen (secondary N) is 1. The van der Waals surface area contributed by atoms with Gasteiger partial charge in [-0.1, -0.05) is 38.3 Å². The Morgan fingerprint density at radius 3 is 2.36 bits per heavy atom. The van der Waals surface area contributed by atoms with Crippen LogP contribution >= 0.6 is 0 Å². The molecular weight excluding hydrogens is 316 g/mol. The Morgan fingerprint density at radius 2 is 1.68 bits per heavy atom. The minimum atomic E-state index is -0.199. The number of ether oxygens (including phenoxy) is 1. The van der Waals surface area contributed by atoms with Gasteiger partial charge in [0.2, 0.25) is 5.91 Å². The number of esters is 1. The number of unbranched alkanes of at least 4 members (excludes halogenated alkanes) is 5. The van der Waals surface area contributed by atoms with E-state index in [2.05, 4.69) is 24.4 Å². The maximum absolute atomic E-state index is 11.8. The van der Waals surface area contributed by atoms with E-state index in [1.165, 1.54) is 32.8 Å². The van der Waals surface area contributed by atoms with E-state index in [1.54, 1.807) is 0 Å². The summed E-state index contributed by atoms with van der Waals surface area (Å²) in [5, 5.41) is 2.97.